The molecule has 2 N–H and O–H groups in total. The van der Waals surface area contributed by atoms with Crippen molar-refractivity contribution in [3.05, 3.63) is 6.33 Å². The first kappa shape index (κ1) is 10.5. The molecular weight excluding hydrogens is 184 g/mol. The second-order valence-corrected chi connectivity index (χ2v) is 2.77. The van der Waals surface area contributed by atoms with E-state index in [0.29, 0.717) is 26.0 Å². The zero-order chi connectivity index (χ0) is 10.4. The SMILES string of the molecule is CCOC(=O)CCCn1cnc(N)n1. The van der Waals surface area contributed by atoms with E-state index >= 15 is 0 Å². The Morgan fingerprint density at radius 3 is 3.07 bits per heavy atom. The van der Waals surface area contributed by atoms with E-state index in [1.54, 1.807) is 17.9 Å². The largest absolute Gasteiger partial charge is 0.466 e. The Labute approximate surface area is 82.1 Å². The Kier molecular flexibility index (Phi) is 3.90. The molecule has 0 aliphatic rings. The number of aryl methyl sites for hydroxylation is 1. The van der Waals surface area contributed by atoms with Crippen LogP contribution in [0.5, 0.6) is 0 Å². The minimum Gasteiger partial charge on any atom is -0.466 e. The van der Waals surface area contributed by atoms with Gasteiger partial charge in [-0.15, -0.1) is 5.10 Å². The maximum absolute atomic E-state index is 10.9. The van der Waals surface area contributed by atoms with Gasteiger partial charge in [-0.2, -0.15) is 0 Å². The molecular formula is C8H14N4O2. The Morgan fingerprint density at radius 2 is 2.50 bits per heavy atom. The Morgan fingerprint density at radius 1 is 1.71 bits per heavy atom. The number of carbonyl (C=O) groups is 1. The molecule has 78 valence electrons. The number of nitrogen functional groups attached to an aromatic ring is 1. The molecule has 1 rings (SSSR count). The van der Waals surface area contributed by atoms with Crippen LogP contribution in [-0.2, 0) is 16.1 Å². The lowest BCUT2D eigenvalue weighted by molar-refractivity contribution is -0.143. The zero-order valence-electron chi connectivity index (χ0n) is 8.14. The normalized spacial score (nSPS) is 10.1. The number of rotatable bonds is 5. The number of esters is 1. The Balaban J connectivity index is 2.18. The molecule has 14 heavy (non-hydrogen) atoms. The fourth-order valence-electron chi connectivity index (χ4n) is 1.04. The first-order valence-electron chi connectivity index (χ1n) is 4.53. The van der Waals surface area contributed by atoms with Crippen LogP contribution < -0.4 is 5.73 Å². The number of hydrogen-bond acceptors (Lipinski definition) is 5. The summed E-state index contributed by atoms with van der Waals surface area (Å²) in [5, 5.41) is 3.88. The van der Waals surface area contributed by atoms with Crippen molar-refractivity contribution >= 4 is 11.9 Å². The van der Waals surface area contributed by atoms with Gasteiger partial charge in [0, 0.05) is 13.0 Å². The predicted molar refractivity (Wildman–Crippen MR) is 50.3 cm³/mol. The summed E-state index contributed by atoms with van der Waals surface area (Å²) in [7, 11) is 0. The quantitative estimate of drug-likeness (QED) is 0.683. The Bertz CT molecular complexity index is 297. The first-order chi connectivity index (χ1) is 6.72. The summed E-state index contributed by atoms with van der Waals surface area (Å²) in [4.78, 5) is 14.7. The number of aromatic nitrogens is 3. The molecule has 0 atom stereocenters. The zero-order valence-corrected chi connectivity index (χ0v) is 8.14. The van der Waals surface area contributed by atoms with Gasteiger partial charge in [0.05, 0.1) is 6.61 Å². The van der Waals surface area contributed by atoms with E-state index < -0.39 is 0 Å². The lowest BCUT2D eigenvalue weighted by atomic mass is 10.3. The van der Waals surface area contributed by atoms with Gasteiger partial charge in [0.1, 0.15) is 6.33 Å². The second kappa shape index (κ2) is 5.21. The van der Waals surface area contributed by atoms with Gasteiger partial charge in [-0.1, -0.05) is 0 Å². The van der Waals surface area contributed by atoms with Crippen LogP contribution in [-0.4, -0.2) is 27.3 Å². The highest BCUT2D eigenvalue weighted by Gasteiger charge is 2.02. The van der Waals surface area contributed by atoms with Crippen molar-refractivity contribution in [3.63, 3.8) is 0 Å². The molecule has 1 heterocycles. The summed E-state index contributed by atoms with van der Waals surface area (Å²) >= 11 is 0. The van der Waals surface area contributed by atoms with Crippen LogP contribution >= 0.6 is 0 Å². The molecule has 1 aromatic rings. The van der Waals surface area contributed by atoms with Crippen LogP contribution in [0, 0.1) is 0 Å². The molecule has 0 unspecified atom stereocenters. The van der Waals surface area contributed by atoms with Crippen LogP contribution in [0.3, 0.4) is 0 Å². The van der Waals surface area contributed by atoms with Gasteiger partial charge in [0.2, 0.25) is 5.95 Å². The van der Waals surface area contributed by atoms with Gasteiger partial charge in [-0.3, -0.25) is 9.48 Å². The van der Waals surface area contributed by atoms with Crippen LogP contribution in [0.4, 0.5) is 5.95 Å². The smallest absolute Gasteiger partial charge is 0.305 e. The monoisotopic (exact) mass is 198 g/mol. The molecule has 0 fully saturated rings. The number of nitrogens with zero attached hydrogens (tertiary/aromatic N) is 3. The standard InChI is InChI=1S/C8H14N4O2/c1-2-14-7(13)4-3-5-12-6-10-8(9)11-12/h6H,2-5H2,1H3,(H2,9,11). The van der Waals surface area contributed by atoms with Crippen LogP contribution in [0.2, 0.25) is 0 Å². The average Bonchev–Trinajstić information content (AvgIpc) is 2.52. The van der Waals surface area contributed by atoms with Gasteiger partial charge >= 0.3 is 5.97 Å². The number of ether oxygens (including phenoxy) is 1. The van der Waals surface area contributed by atoms with Crippen molar-refractivity contribution in [2.75, 3.05) is 12.3 Å². The highest BCUT2D eigenvalue weighted by atomic mass is 16.5. The van der Waals surface area contributed by atoms with Crippen LogP contribution in [0.15, 0.2) is 6.33 Å². The van der Waals surface area contributed by atoms with E-state index in [0.717, 1.165) is 0 Å². The first-order valence-corrected chi connectivity index (χ1v) is 4.53. The van der Waals surface area contributed by atoms with E-state index in [-0.39, 0.29) is 11.9 Å². The minimum atomic E-state index is -0.180. The topological polar surface area (TPSA) is 83.0 Å². The van der Waals surface area contributed by atoms with E-state index in [1.165, 1.54) is 0 Å². The molecule has 6 heteroatoms. The molecule has 1 aromatic heterocycles. The van der Waals surface area contributed by atoms with Crippen molar-refractivity contribution in [3.8, 4) is 0 Å². The minimum absolute atomic E-state index is 0.180. The van der Waals surface area contributed by atoms with Crippen molar-refractivity contribution in [2.24, 2.45) is 0 Å². The third-order valence-electron chi connectivity index (χ3n) is 1.63. The molecule has 0 radical (unpaired) electrons. The van der Waals surface area contributed by atoms with Gasteiger partial charge in [-0.05, 0) is 13.3 Å². The van der Waals surface area contributed by atoms with E-state index in [1.807, 2.05) is 0 Å². The number of hydrogen-bond donors (Lipinski definition) is 1. The highest BCUT2D eigenvalue weighted by molar-refractivity contribution is 5.69. The molecule has 0 saturated heterocycles. The number of anilines is 1. The summed E-state index contributed by atoms with van der Waals surface area (Å²) in [5.74, 6) is 0.0710. The third-order valence-corrected chi connectivity index (χ3v) is 1.63. The summed E-state index contributed by atoms with van der Waals surface area (Å²) in [6.07, 6.45) is 2.62. The lowest BCUT2D eigenvalue weighted by Gasteiger charge is -2.01. The van der Waals surface area contributed by atoms with E-state index in [2.05, 4.69) is 10.1 Å². The maximum atomic E-state index is 10.9. The maximum Gasteiger partial charge on any atom is 0.305 e. The van der Waals surface area contributed by atoms with Crippen molar-refractivity contribution in [2.45, 2.75) is 26.3 Å². The fraction of sp³-hybridized carbons (Fsp3) is 0.625. The Hall–Kier alpha value is -1.59. The molecule has 0 spiro atoms. The van der Waals surface area contributed by atoms with Crippen molar-refractivity contribution < 1.29 is 9.53 Å². The van der Waals surface area contributed by atoms with Crippen molar-refractivity contribution in [1.29, 1.82) is 0 Å². The summed E-state index contributed by atoms with van der Waals surface area (Å²) in [6.45, 7) is 2.84. The molecule has 0 aliphatic carbocycles. The third kappa shape index (κ3) is 3.42. The molecule has 0 bridgehead atoms. The van der Waals surface area contributed by atoms with Crippen LogP contribution in [0.1, 0.15) is 19.8 Å². The number of nitrogens with two attached hydrogens (primary N) is 1. The van der Waals surface area contributed by atoms with E-state index in [9.17, 15) is 4.79 Å². The summed E-state index contributed by atoms with van der Waals surface area (Å²) < 4.78 is 6.38. The highest BCUT2D eigenvalue weighted by Crippen LogP contribution is 1.97. The predicted octanol–water partition coefficient (Wildman–Crippen LogP) is 0.204. The average molecular weight is 198 g/mol. The summed E-state index contributed by atoms with van der Waals surface area (Å²) in [5.41, 5.74) is 5.32. The summed E-state index contributed by atoms with van der Waals surface area (Å²) in [6, 6.07) is 0. The molecule has 6 nitrogen and oxygen atoms in total. The van der Waals surface area contributed by atoms with Crippen LogP contribution in [0.25, 0.3) is 0 Å². The molecule has 0 amide bonds. The van der Waals surface area contributed by atoms with Gasteiger partial charge in [0.15, 0.2) is 0 Å². The van der Waals surface area contributed by atoms with Gasteiger partial charge < -0.3 is 10.5 Å². The molecule has 0 aliphatic heterocycles. The van der Waals surface area contributed by atoms with Gasteiger partial charge in [-0.25, -0.2) is 4.98 Å². The van der Waals surface area contributed by atoms with Gasteiger partial charge in [0.25, 0.3) is 0 Å². The fourth-order valence-corrected chi connectivity index (χ4v) is 1.04. The number of carbonyl (C=O) groups excluding carboxylic acids is 1. The molecule has 0 saturated carbocycles. The second-order valence-electron chi connectivity index (χ2n) is 2.77. The van der Waals surface area contributed by atoms with Crippen molar-refractivity contribution in [1.82, 2.24) is 14.8 Å². The van der Waals surface area contributed by atoms with E-state index in [4.69, 9.17) is 10.5 Å². The molecule has 0 aromatic carbocycles. The lowest BCUT2D eigenvalue weighted by Crippen LogP contribution is -2.06.